The summed E-state index contributed by atoms with van der Waals surface area (Å²) >= 11 is 7.88. The van der Waals surface area contributed by atoms with Crippen molar-refractivity contribution >= 4 is 22.9 Å². The van der Waals surface area contributed by atoms with Crippen molar-refractivity contribution in [3.63, 3.8) is 0 Å². The van der Waals surface area contributed by atoms with Crippen molar-refractivity contribution in [2.45, 2.75) is 12.3 Å². The third kappa shape index (κ3) is 2.21. The molecule has 0 aliphatic rings. The number of hydrogen-bond acceptors (Lipinski definition) is 1. The zero-order valence-electron chi connectivity index (χ0n) is 8.21. The van der Waals surface area contributed by atoms with Crippen LogP contribution in [0.5, 0.6) is 0 Å². The van der Waals surface area contributed by atoms with Gasteiger partial charge in [0.05, 0.1) is 5.38 Å². The number of halogens is 2. The molecule has 0 amide bonds. The number of rotatable bonds is 2. The van der Waals surface area contributed by atoms with Gasteiger partial charge in [-0.3, -0.25) is 0 Å². The van der Waals surface area contributed by atoms with Crippen LogP contribution in [-0.4, -0.2) is 0 Å². The monoisotopic (exact) mass is 240 g/mol. The zero-order valence-corrected chi connectivity index (χ0v) is 9.78. The van der Waals surface area contributed by atoms with E-state index in [2.05, 4.69) is 0 Å². The molecule has 0 aliphatic carbocycles. The maximum absolute atomic E-state index is 13.1. The van der Waals surface area contributed by atoms with Crippen LogP contribution in [0, 0.1) is 12.7 Å². The van der Waals surface area contributed by atoms with Gasteiger partial charge in [-0.1, -0.05) is 12.1 Å². The summed E-state index contributed by atoms with van der Waals surface area (Å²) in [5.74, 6) is -0.238. The first-order chi connectivity index (χ1) is 7.18. The van der Waals surface area contributed by atoms with Gasteiger partial charge < -0.3 is 0 Å². The number of hydrogen-bond donors (Lipinski definition) is 0. The second-order valence-electron chi connectivity index (χ2n) is 3.38. The van der Waals surface area contributed by atoms with Gasteiger partial charge in [0.15, 0.2) is 0 Å². The molecule has 0 saturated carbocycles. The highest BCUT2D eigenvalue weighted by atomic mass is 35.5. The van der Waals surface area contributed by atoms with Crippen LogP contribution in [0.25, 0.3) is 0 Å². The Balaban J connectivity index is 2.41. The molecule has 0 aliphatic heterocycles. The Morgan fingerprint density at radius 1 is 1.33 bits per heavy atom. The third-order valence-electron chi connectivity index (χ3n) is 2.31. The summed E-state index contributed by atoms with van der Waals surface area (Å²) in [7, 11) is 0. The van der Waals surface area contributed by atoms with Gasteiger partial charge in [0.25, 0.3) is 0 Å². The molecule has 1 unspecified atom stereocenters. The van der Waals surface area contributed by atoms with Crippen molar-refractivity contribution in [1.82, 2.24) is 0 Å². The molecule has 0 saturated heterocycles. The summed E-state index contributed by atoms with van der Waals surface area (Å²) in [6.45, 7) is 1.94. The minimum absolute atomic E-state index is 0.238. The molecule has 0 bridgehead atoms. The number of alkyl halides is 1. The van der Waals surface area contributed by atoms with E-state index in [1.165, 1.54) is 12.1 Å². The summed E-state index contributed by atoms with van der Waals surface area (Å²) in [5.41, 5.74) is 1.86. The van der Waals surface area contributed by atoms with E-state index in [-0.39, 0.29) is 11.2 Å². The molecule has 15 heavy (non-hydrogen) atoms. The van der Waals surface area contributed by atoms with E-state index in [1.54, 1.807) is 17.4 Å². The van der Waals surface area contributed by atoms with Gasteiger partial charge in [-0.05, 0) is 41.6 Å². The van der Waals surface area contributed by atoms with E-state index in [0.29, 0.717) is 0 Å². The van der Waals surface area contributed by atoms with Crippen LogP contribution in [0.3, 0.4) is 0 Å². The van der Waals surface area contributed by atoms with Crippen molar-refractivity contribution in [2.75, 3.05) is 0 Å². The molecule has 0 fully saturated rings. The van der Waals surface area contributed by atoms with Gasteiger partial charge in [-0.2, -0.15) is 0 Å². The van der Waals surface area contributed by atoms with Crippen LogP contribution in [0.15, 0.2) is 35.7 Å². The highest BCUT2D eigenvalue weighted by Crippen LogP contribution is 2.33. The molecule has 0 N–H and O–H groups in total. The molecule has 0 spiro atoms. The van der Waals surface area contributed by atoms with E-state index < -0.39 is 0 Å². The molecular weight excluding hydrogens is 231 g/mol. The topological polar surface area (TPSA) is 0 Å². The molecule has 1 atom stereocenters. The van der Waals surface area contributed by atoms with Gasteiger partial charge in [-0.15, -0.1) is 22.9 Å². The lowest BCUT2D eigenvalue weighted by molar-refractivity contribution is 0.625. The van der Waals surface area contributed by atoms with Crippen LogP contribution in [0.2, 0.25) is 0 Å². The predicted octanol–water partition coefficient (Wildman–Crippen LogP) is 4.52. The van der Waals surface area contributed by atoms with E-state index in [4.69, 9.17) is 11.6 Å². The summed E-state index contributed by atoms with van der Waals surface area (Å²) in [6, 6.07) is 8.63. The lowest BCUT2D eigenvalue weighted by Gasteiger charge is -2.10. The van der Waals surface area contributed by atoms with E-state index in [1.807, 2.05) is 24.4 Å². The lowest BCUT2D eigenvalue weighted by atomic mass is 10.0. The third-order valence-corrected chi connectivity index (χ3v) is 3.84. The van der Waals surface area contributed by atoms with Crippen molar-refractivity contribution in [3.8, 4) is 0 Å². The summed E-state index contributed by atoms with van der Waals surface area (Å²) in [5, 5.41) is 1.72. The SMILES string of the molecule is Cc1ccc(F)cc1C(Cl)c1cccs1. The van der Waals surface area contributed by atoms with Gasteiger partial charge in [-0.25, -0.2) is 4.39 Å². The first kappa shape index (κ1) is 10.7. The second kappa shape index (κ2) is 4.33. The molecule has 1 aromatic heterocycles. The molecule has 2 aromatic rings. The number of thiophene rings is 1. The molecule has 0 radical (unpaired) electrons. The maximum Gasteiger partial charge on any atom is 0.123 e. The van der Waals surface area contributed by atoms with Crippen LogP contribution >= 0.6 is 22.9 Å². The zero-order chi connectivity index (χ0) is 10.8. The Morgan fingerprint density at radius 3 is 2.80 bits per heavy atom. The molecule has 3 heteroatoms. The highest BCUT2D eigenvalue weighted by Gasteiger charge is 2.14. The second-order valence-corrected chi connectivity index (χ2v) is 4.79. The Bertz CT molecular complexity index is 451. The van der Waals surface area contributed by atoms with E-state index in [9.17, 15) is 4.39 Å². The molecular formula is C12H10ClFS. The van der Waals surface area contributed by atoms with Crippen LogP contribution in [-0.2, 0) is 0 Å². The first-order valence-electron chi connectivity index (χ1n) is 4.62. The predicted molar refractivity (Wildman–Crippen MR) is 63.2 cm³/mol. The fourth-order valence-electron chi connectivity index (χ4n) is 1.47. The van der Waals surface area contributed by atoms with Crippen molar-refractivity contribution < 1.29 is 4.39 Å². The average molecular weight is 241 g/mol. The Kier molecular flexibility index (Phi) is 3.08. The molecule has 1 heterocycles. The fourth-order valence-corrected chi connectivity index (χ4v) is 2.65. The van der Waals surface area contributed by atoms with Gasteiger partial charge in [0.1, 0.15) is 5.82 Å². The first-order valence-corrected chi connectivity index (χ1v) is 5.93. The van der Waals surface area contributed by atoms with Crippen LogP contribution in [0.1, 0.15) is 21.4 Å². The van der Waals surface area contributed by atoms with Crippen molar-refractivity contribution in [2.24, 2.45) is 0 Å². The van der Waals surface area contributed by atoms with E-state index >= 15 is 0 Å². The fraction of sp³-hybridized carbons (Fsp3) is 0.167. The van der Waals surface area contributed by atoms with Gasteiger partial charge in [0.2, 0.25) is 0 Å². The Morgan fingerprint density at radius 2 is 2.13 bits per heavy atom. The quantitative estimate of drug-likeness (QED) is 0.677. The van der Waals surface area contributed by atoms with Crippen molar-refractivity contribution in [3.05, 3.63) is 57.5 Å². The summed E-state index contributed by atoms with van der Waals surface area (Å²) < 4.78 is 13.1. The summed E-state index contributed by atoms with van der Waals surface area (Å²) in [6.07, 6.45) is 0. The molecule has 1 aromatic carbocycles. The smallest absolute Gasteiger partial charge is 0.123 e. The lowest BCUT2D eigenvalue weighted by Crippen LogP contribution is -1.94. The maximum atomic E-state index is 13.1. The largest absolute Gasteiger partial charge is 0.207 e. The minimum atomic E-state index is -0.249. The van der Waals surface area contributed by atoms with Crippen molar-refractivity contribution in [1.29, 1.82) is 0 Å². The van der Waals surface area contributed by atoms with Gasteiger partial charge >= 0.3 is 0 Å². The van der Waals surface area contributed by atoms with E-state index in [0.717, 1.165) is 16.0 Å². The molecule has 2 rings (SSSR count). The molecule has 78 valence electrons. The number of aryl methyl sites for hydroxylation is 1. The normalized spacial score (nSPS) is 12.7. The summed E-state index contributed by atoms with van der Waals surface area (Å²) in [4.78, 5) is 1.05. The standard InChI is InChI=1S/C12H10ClFS/c1-8-4-5-9(14)7-10(8)12(13)11-3-2-6-15-11/h2-7,12H,1H3. The number of benzene rings is 1. The highest BCUT2D eigenvalue weighted by molar-refractivity contribution is 7.10. The Labute approximate surface area is 97.3 Å². The van der Waals surface area contributed by atoms with Gasteiger partial charge in [0, 0.05) is 4.88 Å². The van der Waals surface area contributed by atoms with Crippen LogP contribution < -0.4 is 0 Å². The Hall–Kier alpha value is -0.860. The average Bonchev–Trinajstić information content (AvgIpc) is 2.74. The molecule has 0 nitrogen and oxygen atoms in total. The van der Waals surface area contributed by atoms with Crippen LogP contribution in [0.4, 0.5) is 4.39 Å². The minimum Gasteiger partial charge on any atom is -0.207 e.